The normalized spacial score (nSPS) is 25.4. The molecular weight excluding hydrogens is 256 g/mol. The summed E-state index contributed by atoms with van der Waals surface area (Å²) in [6.07, 6.45) is 9.72. The van der Waals surface area contributed by atoms with E-state index in [4.69, 9.17) is 0 Å². The van der Waals surface area contributed by atoms with Crippen molar-refractivity contribution in [1.29, 1.82) is 0 Å². The molecule has 0 saturated carbocycles. The fourth-order valence-electron chi connectivity index (χ4n) is 3.53. The SMILES string of the molecule is CCCCCCCCN1CC(C(C)CC)NCC1C(C)C. The van der Waals surface area contributed by atoms with E-state index in [1.54, 1.807) is 0 Å². The first-order chi connectivity index (χ1) is 10.1. The maximum Gasteiger partial charge on any atom is 0.0244 e. The monoisotopic (exact) mass is 296 g/mol. The second-order valence-corrected chi connectivity index (χ2v) is 7.47. The summed E-state index contributed by atoms with van der Waals surface area (Å²) in [5.74, 6) is 1.56. The predicted molar refractivity (Wildman–Crippen MR) is 94.8 cm³/mol. The second-order valence-electron chi connectivity index (χ2n) is 7.47. The summed E-state index contributed by atoms with van der Waals surface area (Å²) in [4.78, 5) is 2.79. The van der Waals surface area contributed by atoms with Crippen LogP contribution in [0.15, 0.2) is 0 Å². The summed E-state index contributed by atoms with van der Waals surface area (Å²) in [7, 11) is 0. The van der Waals surface area contributed by atoms with Crippen molar-refractivity contribution in [3.05, 3.63) is 0 Å². The van der Waals surface area contributed by atoms with Gasteiger partial charge in [0.05, 0.1) is 0 Å². The van der Waals surface area contributed by atoms with Gasteiger partial charge in [-0.05, 0) is 24.8 Å². The van der Waals surface area contributed by atoms with E-state index in [2.05, 4.69) is 44.8 Å². The Bertz CT molecular complexity index is 252. The molecule has 2 heteroatoms. The minimum absolute atomic E-state index is 0.699. The fraction of sp³-hybridized carbons (Fsp3) is 1.00. The smallest absolute Gasteiger partial charge is 0.0244 e. The summed E-state index contributed by atoms with van der Waals surface area (Å²) >= 11 is 0. The molecule has 1 aliphatic rings. The summed E-state index contributed by atoms with van der Waals surface area (Å²) in [5.41, 5.74) is 0. The van der Waals surface area contributed by atoms with Crippen LogP contribution >= 0.6 is 0 Å². The maximum absolute atomic E-state index is 3.81. The summed E-state index contributed by atoms with van der Waals surface area (Å²) < 4.78 is 0. The Hall–Kier alpha value is -0.0800. The highest BCUT2D eigenvalue weighted by molar-refractivity contribution is 4.89. The Balaban J connectivity index is 2.37. The summed E-state index contributed by atoms with van der Waals surface area (Å²) in [6, 6.07) is 1.44. The lowest BCUT2D eigenvalue weighted by molar-refractivity contribution is 0.0802. The van der Waals surface area contributed by atoms with Crippen LogP contribution in [-0.2, 0) is 0 Å². The van der Waals surface area contributed by atoms with Gasteiger partial charge in [-0.15, -0.1) is 0 Å². The molecule has 126 valence electrons. The van der Waals surface area contributed by atoms with Gasteiger partial charge in [-0.25, -0.2) is 0 Å². The number of rotatable bonds is 10. The van der Waals surface area contributed by atoms with Crippen molar-refractivity contribution in [2.45, 2.75) is 91.6 Å². The molecule has 0 amide bonds. The van der Waals surface area contributed by atoms with Crippen molar-refractivity contribution in [1.82, 2.24) is 10.2 Å². The number of nitrogens with zero attached hydrogens (tertiary/aromatic N) is 1. The van der Waals surface area contributed by atoms with Crippen LogP contribution in [0.2, 0.25) is 0 Å². The third kappa shape index (κ3) is 6.69. The lowest BCUT2D eigenvalue weighted by Gasteiger charge is -2.44. The molecular formula is C19H40N2. The molecule has 1 fully saturated rings. The van der Waals surface area contributed by atoms with Crippen LogP contribution in [0.5, 0.6) is 0 Å². The van der Waals surface area contributed by atoms with Gasteiger partial charge in [0.15, 0.2) is 0 Å². The van der Waals surface area contributed by atoms with Crippen LogP contribution in [0.1, 0.15) is 79.6 Å². The van der Waals surface area contributed by atoms with E-state index in [0.29, 0.717) is 6.04 Å². The Morgan fingerprint density at radius 2 is 1.67 bits per heavy atom. The Labute approximate surface area is 134 Å². The van der Waals surface area contributed by atoms with Crippen LogP contribution in [0.4, 0.5) is 0 Å². The molecule has 0 aliphatic carbocycles. The molecule has 3 unspecified atom stereocenters. The molecule has 0 aromatic rings. The minimum Gasteiger partial charge on any atom is -0.311 e. The molecule has 0 spiro atoms. The molecule has 1 aliphatic heterocycles. The van der Waals surface area contributed by atoms with Gasteiger partial charge in [0, 0.05) is 25.2 Å². The van der Waals surface area contributed by atoms with Gasteiger partial charge in [-0.1, -0.05) is 73.1 Å². The summed E-state index contributed by atoms with van der Waals surface area (Å²) in [5, 5.41) is 3.81. The van der Waals surface area contributed by atoms with Crippen LogP contribution < -0.4 is 5.32 Å². The average molecular weight is 297 g/mol. The maximum atomic E-state index is 3.81. The van der Waals surface area contributed by atoms with Crippen molar-refractivity contribution in [2.24, 2.45) is 11.8 Å². The van der Waals surface area contributed by atoms with Crippen molar-refractivity contribution < 1.29 is 0 Å². The molecule has 1 saturated heterocycles. The van der Waals surface area contributed by atoms with Gasteiger partial charge in [0.25, 0.3) is 0 Å². The quantitative estimate of drug-likeness (QED) is 0.588. The predicted octanol–water partition coefficient (Wildman–Crippen LogP) is 4.69. The molecule has 21 heavy (non-hydrogen) atoms. The van der Waals surface area contributed by atoms with E-state index < -0.39 is 0 Å². The van der Waals surface area contributed by atoms with E-state index >= 15 is 0 Å². The van der Waals surface area contributed by atoms with Crippen LogP contribution in [0, 0.1) is 11.8 Å². The lowest BCUT2D eigenvalue weighted by Crippen LogP contribution is -2.60. The van der Waals surface area contributed by atoms with E-state index in [1.165, 1.54) is 64.6 Å². The van der Waals surface area contributed by atoms with Crippen molar-refractivity contribution in [3.63, 3.8) is 0 Å². The molecule has 0 radical (unpaired) electrons. The molecule has 1 N–H and O–H groups in total. The minimum atomic E-state index is 0.699. The van der Waals surface area contributed by atoms with Gasteiger partial charge in [0.1, 0.15) is 0 Å². The molecule has 2 nitrogen and oxygen atoms in total. The van der Waals surface area contributed by atoms with Gasteiger partial charge in [-0.3, -0.25) is 4.90 Å². The molecule has 1 rings (SSSR count). The number of unbranched alkanes of at least 4 members (excludes halogenated alkanes) is 5. The summed E-state index contributed by atoms with van der Waals surface area (Å²) in [6.45, 7) is 15.5. The average Bonchev–Trinajstić information content (AvgIpc) is 2.49. The molecule has 0 aromatic carbocycles. The zero-order valence-electron chi connectivity index (χ0n) is 15.3. The molecule has 0 aromatic heterocycles. The van der Waals surface area contributed by atoms with E-state index in [0.717, 1.165) is 17.9 Å². The second kappa shape index (κ2) is 10.6. The third-order valence-corrected chi connectivity index (χ3v) is 5.39. The van der Waals surface area contributed by atoms with Gasteiger partial charge >= 0.3 is 0 Å². The molecule has 0 bridgehead atoms. The van der Waals surface area contributed by atoms with Crippen molar-refractivity contribution in [2.75, 3.05) is 19.6 Å². The fourth-order valence-corrected chi connectivity index (χ4v) is 3.53. The Morgan fingerprint density at radius 3 is 2.29 bits per heavy atom. The highest BCUT2D eigenvalue weighted by atomic mass is 15.2. The zero-order valence-corrected chi connectivity index (χ0v) is 15.3. The first-order valence-corrected chi connectivity index (χ1v) is 9.57. The Kier molecular flexibility index (Phi) is 9.59. The first kappa shape index (κ1) is 19.0. The third-order valence-electron chi connectivity index (χ3n) is 5.39. The van der Waals surface area contributed by atoms with Crippen molar-refractivity contribution >= 4 is 0 Å². The standard InChI is InChI=1S/C19H40N2/c1-6-8-9-10-11-12-13-21-15-18(17(5)7-2)20-14-19(21)16(3)4/h16-20H,6-15H2,1-5H3. The van der Waals surface area contributed by atoms with Crippen LogP contribution in [0.25, 0.3) is 0 Å². The Morgan fingerprint density at radius 1 is 1.00 bits per heavy atom. The van der Waals surface area contributed by atoms with E-state index in [1.807, 2.05) is 0 Å². The number of piperazine rings is 1. The number of hydrogen-bond acceptors (Lipinski definition) is 2. The highest BCUT2D eigenvalue weighted by Gasteiger charge is 2.31. The van der Waals surface area contributed by atoms with E-state index in [-0.39, 0.29) is 0 Å². The van der Waals surface area contributed by atoms with E-state index in [9.17, 15) is 0 Å². The first-order valence-electron chi connectivity index (χ1n) is 9.57. The zero-order chi connectivity index (χ0) is 15.7. The van der Waals surface area contributed by atoms with Gasteiger partial charge in [0.2, 0.25) is 0 Å². The van der Waals surface area contributed by atoms with Gasteiger partial charge in [-0.2, -0.15) is 0 Å². The highest BCUT2D eigenvalue weighted by Crippen LogP contribution is 2.20. The number of nitrogens with one attached hydrogen (secondary N) is 1. The topological polar surface area (TPSA) is 15.3 Å². The molecule has 1 heterocycles. The largest absolute Gasteiger partial charge is 0.311 e. The molecule has 3 atom stereocenters. The van der Waals surface area contributed by atoms with Crippen molar-refractivity contribution in [3.8, 4) is 0 Å². The van der Waals surface area contributed by atoms with Gasteiger partial charge < -0.3 is 5.32 Å². The number of hydrogen-bond donors (Lipinski definition) is 1. The van der Waals surface area contributed by atoms with Crippen LogP contribution in [-0.4, -0.2) is 36.6 Å². The van der Waals surface area contributed by atoms with Crippen LogP contribution in [0.3, 0.4) is 0 Å². The lowest BCUT2D eigenvalue weighted by atomic mass is 9.92.